The Bertz CT molecular complexity index is 694. The molecule has 1 aliphatic heterocycles. The van der Waals surface area contributed by atoms with E-state index < -0.39 is 9.84 Å². The summed E-state index contributed by atoms with van der Waals surface area (Å²) in [5, 5.41) is 8.82. The highest BCUT2D eigenvalue weighted by atomic mass is 32.2. The molecule has 0 saturated carbocycles. The minimum atomic E-state index is -3.03. The van der Waals surface area contributed by atoms with Crippen LogP contribution in [0.2, 0.25) is 0 Å². The summed E-state index contributed by atoms with van der Waals surface area (Å²) in [6.07, 6.45) is 0.478. The lowest BCUT2D eigenvalue weighted by Crippen LogP contribution is -2.43. The maximum absolute atomic E-state index is 12.2. The average Bonchev–Trinajstić information content (AvgIpc) is 2.86. The summed E-state index contributed by atoms with van der Waals surface area (Å²) in [4.78, 5) is 13.8. The fourth-order valence-corrected chi connectivity index (χ4v) is 4.27. The van der Waals surface area contributed by atoms with Crippen molar-refractivity contribution < 1.29 is 17.9 Å². The Labute approximate surface area is 130 Å². The number of nitrogens with zero attached hydrogens (tertiary/aromatic N) is 2. The van der Waals surface area contributed by atoms with Gasteiger partial charge in [0.1, 0.15) is 5.75 Å². The summed E-state index contributed by atoms with van der Waals surface area (Å²) < 4.78 is 28.5. The standard InChI is InChI=1S/C15H18N2O4S/c1-2-17(13-6-7-22(19,20)11-13)15(18)10-21-14-5-3-4-12(8-14)9-16/h3-5,8,13H,2,6-7,10-11H2,1H3. The zero-order valence-corrected chi connectivity index (χ0v) is 13.2. The number of carbonyl (C=O) groups excluding carboxylic acids is 1. The monoisotopic (exact) mass is 322 g/mol. The minimum absolute atomic E-state index is 0.0243. The van der Waals surface area contributed by atoms with Crippen molar-refractivity contribution in [3.05, 3.63) is 29.8 Å². The summed E-state index contributed by atoms with van der Waals surface area (Å²) in [5.74, 6) is 0.359. The summed E-state index contributed by atoms with van der Waals surface area (Å²) in [6, 6.07) is 8.29. The van der Waals surface area contributed by atoms with E-state index in [9.17, 15) is 13.2 Å². The van der Waals surface area contributed by atoms with Gasteiger partial charge in [0, 0.05) is 12.6 Å². The van der Waals surface area contributed by atoms with Gasteiger partial charge in [0.25, 0.3) is 5.91 Å². The van der Waals surface area contributed by atoms with Gasteiger partial charge in [0.2, 0.25) is 0 Å². The Balaban J connectivity index is 1.97. The second-order valence-electron chi connectivity index (χ2n) is 5.16. The number of sulfone groups is 1. The summed E-state index contributed by atoms with van der Waals surface area (Å²) >= 11 is 0. The summed E-state index contributed by atoms with van der Waals surface area (Å²) in [6.45, 7) is 2.10. The minimum Gasteiger partial charge on any atom is -0.484 e. The van der Waals surface area contributed by atoms with Gasteiger partial charge in [0.05, 0.1) is 23.1 Å². The molecule has 118 valence electrons. The molecule has 1 aromatic rings. The zero-order chi connectivity index (χ0) is 16.2. The van der Waals surface area contributed by atoms with Crippen molar-refractivity contribution in [3.63, 3.8) is 0 Å². The molecule has 22 heavy (non-hydrogen) atoms. The fraction of sp³-hybridized carbons (Fsp3) is 0.467. The molecule has 0 spiro atoms. The van der Waals surface area contributed by atoms with E-state index in [1.807, 2.05) is 13.0 Å². The smallest absolute Gasteiger partial charge is 0.260 e. The number of rotatable bonds is 5. The molecule has 7 heteroatoms. The van der Waals surface area contributed by atoms with E-state index in [2.05, 4.69) is 0 Å². The number of carbonyl (C=O) groups is 1. The molecule has 2 rings (SSSR count). The molecule has 0 N–H and O–H groups in total. The van der Waals surface area contributed by atoms with Gasteiger partial charge in [-0.15, -0.1) is 0 Å². The molecule has 1 saturated heterocycles. The quantitative estimate of drug-likeness (QED) is 0.806. The van der Waals surface area contributed by atoms with Crippen molar-refractivity contribution in [2.24, 2.45) is 0 Å². The van der Waals surface area contributed by atoms with Gasteiger partial charge in [-0.1, -0.05) is 6.07 Å². The second kappa shape index (κ2) is 6.79. The molecule has 1 heterocycles. The largest absolute Gasteiger partial charge is 0.484 e. The van der Waals surface area contributed by atoms with Crippen LogP contribution < -0.4 is 4.74 Å². The highest BCUT2D eigenvalue weighted by molar-refractivity contribution is 7.91. The predicted molar refractivity (Wildman–Crippen MR) is 81.1 cm³/mol. The first kappa shape index (κ1) is 16.3. The van der Waals surface area contributed by atoms with Crippen LogP contribution in [0.3, 0.4) is 0 Å². The van der Waals surface area contributed by atoms with Gasteiger partial charge >= 0.3 is 0 Å². The third-order valence-corrected chi connectivity index (χ3v) is 5.39. The Hall–Kier alpha value is -2.07. The number of amides is 1. The van der Waals surface area contributed by atoms with Crippen LogP contribution in [0.25, 0.3) is 0 Å². The van der Waals surface area contributed by atoms with Crippen LogP contribution in [-0.4, -0.2) is 49.9 Å². The van der Waals surface area contributed by atoms with Crippen LogP contribution in [0.1, 0.15) is 18.9 Å². The van der Waals surface area contributed by atoms with Crippen LogP contribution in [0.15, 0.2) is 24.3 Å². The Morgan fingerprint density at radius 1 is 1.50 bits per heavy atom. The number of nitriles is 1. The number of benzene rings is 1. The van der Waals surface area contributed by atoms with E-state index in [1.165, 1.54) is 0 Å². The van der Waals surface area contributed by atoms with Crippen molar-refractivity contribution in [1.82, 2.24) is 4.90 Å². The third kappa shape index (κ3) is 3.98. The van der Waals surface area contributed by atoms with Gasteiger partial charge in [-0.05, 0) is 31.5 Å². The molecule has 1 unspecified atom stereocenters. The number of ether oxygens (including phenoxy) is 1. The lowest BCUT2D eigenvalue weighted by atomic mass is 10.2. The van der Waals surface area contributed by atoms with Crippen LogP contribution in [0.5, 0.6) is 5.75 Å². The zero-order valence-electron chi connectivity index (χ0n) is 12.4. The van der Waals surface area contributed by atoms with E-state index in [-0.39, 0.29) is 30.1 Å². The molecular formula is C15H18N2O4S. The van der Waals surface area contributed by atoms with Crippen LogP contribution >= 0.6 is 0 Å². The van der Waals surface area contributed by atoms with Gasteiger partial charge in [-0.2, -0.15) is 5.26 Å². The molecule has 0 radical (unpaired) electrons. The van der Waals surface area contributed by atoms with Gasteiger partial charge in [0.15, 0.2) is 16.4 Å². The third-order valence-electron chi connectivity index (χ3n) is 3.64. The highest BCUT2D eigenvalue weighted by Gasteiger charge is 2.33. The van der Waals surface area contributed by atoms with E-state index in [4.69, 9.17) is 10.00 Å². The molecular weight excluding hydrogens is 304 g/mol. The van der Waals surface area contributed by atoms with E-state index in [0.717, 1.165) is 0 Å². The van der Waals surface area contributed by atoms with E-state index in [0.29, 0.717) is 24.3 Å². The highest BCUT2D eigenvalue weighted by Crippen LogP contribution is 2.18. The van der Waals surface area contributed by atoms with E-state index >= 15 is 0 Å². The normalized spacial score (nSPS) is 19.4. The maximum atomic E-state index is 12.2. The SMILES string of the molecule is CCN(C(=O)COc1cccc(C#N)c1)C1CCS(=O)(=O)C1. The van der Waals surface area contributed by atoms with Crippen molar-refractivity contribution in [2.45, 2.75) is 19.4 Å². The molecule has 0 aliphatic carbocycles. The Morgan fingerprint density at radius 3 is 2.86 bits per heavy atom. The van der Waals surface area contributed by atoms with Gasteiger partial charge in [-0.3, -0.25) is 4.79 Å². The van der Waals surface area contributed by atoms with Crippen molar-refractivity contribution >= 4 is 15.7 Å². The molecule has 1 fully saturated rings. The topological polar surface area (TPSA) is 87.5 Å². The Kier molecular flexibility index (Phi) is 5.03. The lowest BCUT2D eigenvalue weighted by molar-refractivity contribution is -0.135. The first-order valence-corrected chi connectivity index (χ1v) is 8.90. The number of hydrogen-bond acceptors (Lipinski definition) is 5. The first-order chi connectivity index (χ1) is 10.4. The number of hydrogen-bond donors (Lipinski definition) is 0. The van der Waals surface area contributed by atoms with Crippen LogP contribution in [0.4, 0.5) is 0 Å². The summed E-state index contributed by atoms with van der Waals surface area (Å²) in [7, 11) is -3.03. The van der Waals surface area contributed by atoms with Crippen LogP contribution in [-0.2, 0) is 14.6 Å². The molecule has 0 bridgehead atoms. The van der Waals surface area contributed by atoms with Crippen LogP contribution in [0, 0.1) is 11.3 Å². The maximum Gasteiger partial charge on any atom is 0.260 e. The number of likely N-dealkylation sites (N-methyl/N-ethyl adjacent to an activating group) is 1. The van der Waals surface area contributed by atoms with Crippen molar-refractivity contribution in [3.8, 4) is 11.8 Å². The first-order valence-electron chi connectivity index (χ1n) is 7.08. The van der Waals surface area contributed by atoms with Crippen molar-refractivity contribution in [1.29, 1.82) is 5.26 Å². The van der Waals surface area contributed by atoms with E-state index in [1.54, 1.807) is 29.2 Å². The molecule has 1 aliphatic rings. The lowest BCUT2D eigenvalue weighted by Gasteiger charge is -2.26. The van der Waals surface area contributed by atoms with Gasteiger partial charge < -0.3 is 9.64 Å². The van der Waals surface area contributed by atoms with Gasteiger partial charge in [-0.25, -0.2) is 8.42 Å². The van der Waals surface area contributed by atoms with Crippen molar-refractivity contribution in [2.75, 3.05) is 24.7 Å². The fourth-order valence-electron chi connectivity index (χ4n) is 2.54. The molecule has 1 atom stereocenters. The second-order valence-corrected chi connectivity index (χ2v) is 7.39. The molecule has 6 nitrogen and oxygen atoms in total. The molecule has 1 aromatic carbocycles. The molecule has 0 aromatic heterocycles. The average molecular weight is 322 g/mol. The summed E-state index contributed by atoms with van der Waals surface area (Å²) in [5.41, 5.74) is 0.458. The Morgan fingerprint density at radius 2 is 2.27 bits per heavy atom. The molecule has 1 amide bonds. The predicted octanol–water partition coefficient (Wildman–Crippen LogP) is 0.973.